The minimum Gasteiger partial charge on any atom is -0.493 e. The molecule has 0 saturated carbocycles. The lowest BCUT2D eigenvalue weighted by atomic mass is 10.2. The second kappa shape index (κ2) is 9.53. The Balaban J connectivity index is 1.75. The molecule has 26 heavy (non-hydrogen) atoms. The number of nitro groups is 1. The van der Waals surface area contributed by atoms with Crippen molar-refractivity contribution in [1.29, 1.82) is 0 Å². The van der Waals surface area contributed by atoms with Gasteiger partial charge in [0.1, 0.15) is 5.75 Å². The Hall–Kier alpha value is -2.93. The number of ether oxygens (including phenoxy) is 1. The summed E-state index contributed by atoms with van der Waals surface area (Å²) in [6.45, 7) is 2.27. The fourth-order valence-electron chi connectivity index (χ4n) is 2.18. The van der Waals surface area contributed by atoms with Crippen molar-refractivity contribution in [3.8, 4) is 5.75 Å². The predicted octanol–water partition coefficient (Wildman–Crippen LogP) is 3.87. The number of carbonyl (C=O) groups excluding carboxylic acids is 1. The van der Waals surface area contributed by atoms with Gasteiger partial charge in [-0.25, -0.2) is 5.43 Å². The Labute approximate surface area is 155 Å². The zero-order valence-corrected chi connectivity index (χ0v) is 14.9. The maximum atomic E-state index is 11.7. The molecule has 0 heterocycles. The summed E-state index contributed by atoms with van der Waals surface area (Å²) in [6, 6.07) is 11.5. The van der Waals surface area contributed by atoms with Crippen LogP contribution in [0.15, 0.2) is 47.6 Å². The Morgan fingerprint density at radius 3 is 2.85 bits per heavy atom. The van der Waals surface area contributed by atoms with E-state index in [1.165, 1.54) is 12.3 Å². The van der Waals surface area contributed by atoms with Crippen LogP contribution in [-0.2, 0) is 4.79 Å². The highest BCUT2D eigenvalue weighted by atomic mass is 35.5. The van der Waals surface area contributed by atoms with E-state index in [2.05, 4.69) is 10.5 Å². The van der Waals surface area contributed by atoms with Gasteiger partial charge in [-0.15, -0.1) is 0 Å². The van der Waals surface area contributed by atoms with Crippen LogP contribution in [0.1, 0.15) is 24.0 Å². The fraction of sp³-hybridized carbons (Fsp3) is 0.222. The smallest absolute Gasteiger partial charge is 0.278 e. The number of nitro benzene ring substituents is 1. The lowest BCUT2D eigenvalue weighted by molar-refractivity contribution is -0.385. The molecule has 0 aliphatic rings. The number of hydrazone groups is 1. The number of amides is 1. The third-order valence-electron chi connectivity index (χ3n) is 3.47. The van der Waals surface area contributed by atoms with Crippen LogP contribution < -0.4 is 10.2 Å². The van der Waals surface area contributed by atoms with Crippen LogP contribution in [0.3, 0.4) is 0 Å². The van der Waals surface area contributed by atoms with Crippen LogP contribution in [-0.4, -0.2) is 23.7 Å². The molecule has 2 aromatic carbocycles. The van der Waals surface area contributed by atoms with Gasteiger partial charge >= 0.3 is 0 Å². The van der Waals surface area contributed by atoms with Gasteiger partial charge in [0.2, 0.25) is 5.91 Å². The van der Waals surface area contributed by atoms with E-state index >= 15 is 0 Å². The van der Waals surface area contributed by atoms with E-state index in [9.17, 15) is 14.9 Å². The van der Waals surface area contributed by atoms with Crippen LogP contribution >= 0.6 is 11.6 Å². The highest BCUT2D eigenvalue weighted by molar-refractivity contribution is 6.30. The monoisotopic (exact) mass is 375 g/mol. The molecule has 0 bridgehead atoms. The number of rotatable bonds is 8. The summed E-state index contributed by atoms with van der Waals surface area (Å²) < 4.78 is 5.61. The van der Waals surface area contributed by atoms with Crippen molar-refractivity contribution in [3.05, 3.63) is 68.7 Å². The number of nitrogens with zero attached hydrogens (tertiary/aromatic N) is 2. The van der Waals surface area contributed by atoms with Crippen molar-refractivity contribution >= 4 is 29.4 Å². The SMILES string of the molecule is Cc1cc(Cl)ccc1OCCCC(=O)NN=Cc1ccccc1[N+](=O)[O-]. The van der Waals surface area contributed by atoms with E-state index in [-0.39, 0.29) is 18.0 Å². The normalized spacial score (nSPS) is 10.7. The molecule has 0 aliphatic carbocycles. The first kappa shape index (κ1) is 19.4. The van der Waals surface area contributed by atoms with Crippen LogP contribution in [0.25, 0.3) is 0 Å². The van der Waals surface area contributed by atoms with E-state index in [1.807, 2.05) is 6.92 Å². The summed E-state index contributed by atoms with van der Waals surface area (Å²) in [5.74, 6) is 0.431. The Morgan fingerprint density at radius 1 is 1.35 bits per heavy atom. The molecule has 136 valence electrons. The third-order valence-corrected chi connectivity index (χ3v) is 3.70. The van der Waals surface area contributed by atoms with Gasteiger partial charge < -0.3 is 4.74 Å². The first-order valence-corrected chi connectivity index (χ1v) is 8.29. The van der Waals surface area contributed by atoms with Crippen LogP contribution in [0, 0.1) is 17.0 Å². The second-order valence-electron chi connectivity index (χ2n) is 5.47. The Morgan fingerprint density at radius 2 is 2.12 bits per heavy atom. The number of hydrogen-bond acceptors (Lipinski definition) is 5. The van der Waals surface area contributed by atoms with E-state index in [4.69, 9.17) is 16.3 Å². The summed E-state index contributed by atoms with van der Waals surface area (Å²) in [7, 11) is 0. The molecule has 1 amide bonds. The van der Waals surface area contributed by atoms with Gasteiger partial charge in [0.15, 0.2) is 0 Å². The summed E-state index contributed by atoms with van der Waals surface area (Å²) in [5, 5.41) is 15.3. The molecule has 0 atom stereocenters. The number of carbonyl (C=O) groups is 1. The summed E-state index contributed by atoms with van der Waals surface area (Å²) in [5.41, 5.74) is 3.52. The molecule has 2 aromatic rings. The molecule has 8 heteroatoms. The van der Waals surface area contributed by atoms with Crippen LogP contribution in [0.4, 0.5) is 5.69 Å². The van der Waals surface area contributed by atoms with E-state index < -0.39 is 4.92 Å². The van der Waals surface area contributed by atoms with Crippen molar-refractivity contribution in [3.63, 3.8) is 0 Å². The lowest BCUT2D eigenvalue weighted by Gasteiger charge is -2.08. The number of aryl methyl sites for hydroxylation is 1. The fourth-order valence-corrected chi connectivity index (χ4v) is 2.41. The summed E-state index contributed by atoms with van der Waals surface area (Å²) in [4.78, 5) is 22.1. The maximum Gasteiger partial charge on any atom is 0.278 e. The summed E-state index contributed by atoms with van der Waals surface area (Å²) in [6.07, 6.45) is 1.99. The van der Waals surface area contributed by atoms with Crippen LogP contribution in [0.5, 0.6) is 5.75 Å². The van der Waals surface area contributed by atoms with Gasteiger partial charge in [0.05, 0.1) is 23.3 Å². The lowest BCUT2D eigenvalue weighted by Crippen LogP contribution is -2.18. The van der Waals surface area contributed by atoms with Crippen molar-refractivity contribution < 1.29 is 14.5 Å². The zero-order valence-electron chi connectivity index (χ0n) is 14.1. The zero-order chi connectivity index (χ0) is 18.9. The topological polar surface area (TPSA) is 93.8 Å². The number of hydrogen-bond donors (Lipinski definition) is 1. The van der Waals surface area contributed by atoms with Crippen molar-refractivity contribution in [2.45, 2.75) is 19.8 Å². The molecule has 0 fully saturated rings. The third kappa shape index (κ3) is 5.86. The molecule has 0 aliphatic heterocycles. The Bertz CT molecular complexity index is 824. The molecule has 0 spiro atoms. The molecule has 0 aromatic heterocycles. The van der Waals surface area contributed by atoms with Crippen molar-refractivity contribution in [2.24, 2.45) is 5.10 Å². The minimum atomic E-state index is -0.501. The van der Waals surface area contributed by atoms with E-state index in [0.717, 1.165) is 11.3 Å². The number of halogens is 1. The van der Waals surface area contributed by atoms with Gasteiger partial charge in [-0.05, 0) is 43.2 Å². The van der Waals surface area contributed by atoms with Crippen molar-refractivity contribution in [1.82, 2.24) is 5.43 Å². The van der Waals surface area contributed by atoms with Gasteiger partial charge in [-0.3, -0.25) is 14.9 Å². The maximum absolute atomic E-state index is 11.7. The van der Waals surface area contributed by atoms with Crippen molar-refractivity contribution in [2.75, 3.05) is 6.61 Å². The standard InChI is InChI=1S/C18H18ClN3O4/c1-13-11-15(19)8-9-17(13)26-10-4-7-18(23)21-20-12-14-5-2-3-6-16(14)22(24)25/h2-3,5-6,8-9,11-12H,4,7,10H2,1H3,(H,21,23). The van der Waals surface area contributed by atoms with E-state index in [1.54, 1.807) is 36.4 Å². The molecule has 0 unspecified atom stereocenters. The molecular formula is C18H18ClN3O4. The highest BCUT2D eigenvalue weighted by Gasteiger charge is 2.10. The molecular weight excluding hydrogens is 358 g/mol. The average Bonchev–Trinajstić information content (AvgIpc) is 2.60. The first-order valence-electron chi connectivity index (χ1n) is 7.91. The summed E-state index contributed by atoms with van der Waals surface area (Å²) >= 11 is 5.88. The predicted molar refractivity (Wildman–Crippen MR) is 99.8 cm³/mol. The van der Waals surface area contributed by atoms with Gasteiger partial charge in [-0.1, -0.05) is 23.7 Å². The highest BCUT2D eigenvalue weighted by Crippen LogP contribution is 2.21. The minimum absolute atomic E-state index is 0.0720. The Kier molecular flexibility index (Phi) is 7.11. The number of para-hydroxylation sites is 1. The average molecular weight is 376 g/mol. The molecule has 1 N–H and O–H groups in total. The quantitative estimate of drug-likeness (QED) is 0.328. The van der Waals surface area contributed by atoms with E-state index in [0.29, 0.717) is 23.6 Å². The molecule has 0 radical (unpaired) electrons. The first-order chi connectivity index (χ1) is 12.5. The molecule has 7 nitrogen and oxygen atoms in total. The largest absolute Gasteiger partial charge is 0.493 e. The number of benzene rings is 2. The van der Waals surface area contributed by atoms with Gasteiger partial charge in [0.25, 0.3) is 5.69 Å². The number of nitrogens with one attached hydrogen (secondary N) is 1. The molecule has 2 rings (SSSR count). The van der Waals surface area contributed by atoms with Gasteiger partial charge in [0, 0.05) is 17.5 Å². The van der Waals surface area contributed by atoms with Crippen LogP contribution in [0.2, 0.25) is 5.02 Å². The molecule has 0 saturated heterocycles. The van der Waals surface area contributed by atoms with Gasteiger partial charge in [-0.2, -0.15) is 5.10 Å². The second-order valence-corrected chi connectivity index (χ2v) is 5.91.